The van der Waals surface area contributed by atoms with Crippen LogP contribution in [0.25, 0.3) is 0 Å². The fraction of sp³-hybridized carbons (Fsp3) is 0.333. The normalized spacial score (nSPS) is 15.0. The quantitative estimate of drug-likeness (QED) is 0.824. The van der Waals surface area contributed by atoms with E-state index in [1.807, 2.05) is 0 Å². The van der Waals surface area contributed by atoms with Crippen molar-refractivity contribution in [3.05, 3.63) is 34.6 Å². The monoisotopic (exact) mass is 293 g/mol. The number of aliphatic hydroxyl groups excluding tert-OH is 1. The van der Waals surface area contributed by atoms with Crippen LogP contribution in [0.2, 0.25) is 5.02 Å². The molecule has 0 unspecified atom stereocenters. The van der Waals surface area contributed by atoms with Gasteiger partial charge in [0.25, 0.3) is 0 Å². The fourth-order valence-electron chi connectivity index (χ4n) is 1.11. The number of aliphatic hydroxyl groups is 1. The summed E-state index contributed by atoms with van der Waals surface area (Å²) >= 11 is 5.35. The molecule has 8 heteroatoms. The van der Waals surface area contributed by atoms with Crippen LogP contribution in [0.1, 0.15) is 11.6 Å². The second-order valence-corrected chi connectivity index (χ2v) is 3.59. The first-order chi connectivity index (χ1) is 7.23. The molecule has 0 amide bonds. The Morgan fingerprint density at radius 3 is 2.24 bits per heavy atom. The first kappa shape index (κ1) is 16.4. The number of nitrogens with two attached hydrogens (primary N) is 1. The molecule has 17 heavy (non-hydrogen) atoms. The maximum atomic E-state index is 12.9. The van der Waals surface area contributed by atoms with Crippen LogP contribution in [0.15, 0.2) is 18.2 Å². The highest BCUT2D eigenvalue weighted by atomic mass is 35.5. The molecular formula is C9H9Cl2F4NO. The number of benzene rings is 1. The van der Waals surface area contributed by atoms with Crippen molar-refractivity contribution < 1.29 is 22.7 Å². The minimum absolute atomic E-state index is 0. The summed E-state index contributed by atoms with van der Waals surface area (Å²) < 4.78 is 49.3. The van der Waals surface area contributed by atoms with Gasteiger partial charge >= 0.3 is 6.18 Å². The lowest BCUT2D eigenvalue weighted by Gasteiger charge is -2.21. The topological polar surface area (TPSA) is 46.2 Å². The van der Waals surface area contributed by atoms with Crippen molar-refractivity contribution in [3.8, 4) is 0 Å². The Hall–Kier alpha value is -0.560. The SMILES string of the molecule is Cl.N[C@H](c1ccc(Cl)c(F)c1)[C@@H](O)C(F)(F)F. The standard InChI is InChI=1S/C9H8ClF4NO.ClH/c10-5-2-1-4(3-6(5)11)7(15)8(16)9(12,13)14;/h1-3,7-8,16H,15H2;1H/t7-,8-;/m1./s1. The first-order valence-corrected chi connectivity index (χ1v) is 4.56. The van der Waals surface area contributed by atoms with Gasteiger partial charge < -0.3 is 10.8 Å². The van der Waals surface area contributed by atoms with E-state index in [2.05, 4.69) is 0 Å². The molecule has 0 fully saturated rings. The summed E-state index contributed by atoms with van der Waals surface area (Å²) in [5, 5.41) is 8.64. The summed E-state index contributed by atoms with van der Waals surface area (Å²) in [6, 6.07) is 1.23. The number of rotatable bonds is 2. The third kappa shape index (κ3) is 3.99. The maximum Gasteiger partial charge on any atom is 0.416 e. The highest BCUT2D eigenvalue weighted by Gasteiger charge is 2.42. The Labute approximate surface area is 106 Å². The summed E-state index contributed by atoms with van der Waals surface area (Å²) in [5.74, 6) is -0.885. The van der Waals surface area contributed by atoms with Crippen LogP contribution in [0.3, 0.4) is 0 Å². The van der Waals surface area contributed by atoms with Crippen LogP contribution in [0, 0.1) is 5.82 Å². The summed E-state index contributed by atoms with van der Waals surface area (Å²) in [7, 11) is 0. The predicted molar refractivity (Wildman–Crippen MR) is 57.6 cm³/mol. The summed E-state index contributed by atoms with van der Waals surface area (Å²) in [6.45, 7) is 0. The zero-order valence-electron chi connectivity index (χ0n) is 8.21. The van der Waals surface area contributed by atoms with Crippen LogP contribution < -0.4 is 5.73 Å². The Kier molecular flexibility index (Phi) is 5.67. The van der Waals surface area contributed by atoms with Crippen LogP contribution in [0.4, 0.5) is 17.6 Å². The zero-order valence-corrected chi connectivity index (χ0v) is 9.78. The molecule has 0 spiro atoms. The van der Waals surface area contributed by atoms with E-state index in [1.165, 1.54) is 0 Å². The van der Waals surface area contributed by atoms with Gasteiger partial charge in [-0.1, -0.05) is 17.7 Å². The van der Waals surface area contributed by atoms with Gasteiger partial charge in [0.1, 0.15) is 5.82 Å². The Bertz CT molecular complexity index is 386. The predicted octanol–water partition coefficient (Wildman–Crippen LogP) is 2.82. The summed E-state index contributed by atoms with van der Waals surface area (Å²) in [6.07, 6.45) is -7.59. The molecule has 2 atom stereocenters. The summed E-state index contributed by atoms with van der Waals surface area (Å²) in [4.78, 5) is 0. The van der Waals surface area contributed by atoms with Crippen LogP contribution in [-0.4, -0.2) is 17.4 Å². The van der Waals surface area contributed by atoms with Crippen molar-refractivity contribution in [1.82, 2.24) is 0 Å². The van der Waals surface area contributed by atoms with E-state index in [4.69, 9.17) is 22.4 Å². The lowest BCUT2D eigenvalue weighted by molar-refractivity contribution is -0.210. The van der Waals surface area contributed by atoms with Crippen molar-refractivity contribution in [2.45, 2.75) is 18.3 Å². The maximum absolute atomic E-state index is 12.9. The van der Waals surface area contributed by atoms with E-state index in [1.54, 1.807) is 0 Å². The lowest BCUT2D eigenvalue weighted by Crippen LogP contribution is -2.38. The molecule has 1 aromatic carbocycles. The van der Waals surface area contributed by atoms with Gasteiger partial charge in [0.05, 0.1) is 11.1 Å². The summed E-state index contributed by atoms with van der Waals surface area (Å²) in [5.41, 5.74) is 4.99. The van der Waals surface area contributed by atoms with Crippen molar-refractivity contribution >= 4 is 24.0 Å². The fourth-order valence-corrected chi connectivity index (χ4v) is 1.22. The second-order valence-electron chi connectivity index (χ2n) is 3.19. The molecule has 0 aliphatic rings. The third-order valence-electron chi connectivity index (χ3n) is 2.00. The minimum Gasteiger partial charge on any atom is -0.382 e. The molecule has 1 aromatic rings. The molecule has 1 rings (SSSR count). The van der Waals surface area contributed by atoms with Crippen LogP contribution in [-0.2, 0) is 0 Å². The molecule has 98 valence electrons. The first-order valence-electron chi connectivity index (χ1n) is 4.19. The average molecular weight is 294 g/mol. The van der Waals surface area contributed by atoms with Crippen molar-refractivity contribution in [3.63, 3.8) is 0 Å². The Balaban J connectivity index is 0.00000256. The second kappa shape index (κ2) is 5.86. The molecule has 0 aromatic heterocycles. The molecular weight excluding hydrogens is 285 g/mol. The largest absolute Gasteiger partial charge is 0.416 e. The van der Waals surface area contributed by atoms with Crippen LogP contribution in [0.5, 0.6) is 0 Å². The van der Waals surface area contributed by atoms with Gasteiger partial charge in [-0.3, -0.25) is 0 Å². The number of alkyl halides is 3. The van der Waals surface area contributed by atoms with E-state index in [-0.39, 0.29) is 23.0 Å². The number of hydrogen-bond acceptors (Lipinski definition) is 2. The number of hydrogen-bond donors (Lipinski definition) is 2. The molecule has 0 aliphatic heterocycles. The molecule has 0 bridgehead atoms. The minimum atomic E-state index is -4.85. The molecule has 2 nitrogen and oxygen atoms in total. The van der Waals surface area contributed by atoms with E-state index in [9.17, 15) is 17.6 Å². The Morgan fingerprint density at radius 2 is 1.82 bits per heavy atom. The zero-order chi connectivity index (χ0) is 12.5. The molecule has 3 N–H and O–H groups in total. The average Bonchev–Trinajstić information content (AvgIpc) is 2.18. The van der Waals surface area contributed by atoms with E-state index >= 15 is 0 Å². The lowest BCUT2D eigenvalue weighted by atomic mass is 10.0. The van der Waals surface area contributed by atoms with E-state index in [0.29, 0.717) is 0 Å². The third-order valence-corrected chi connectivity index (χ3v) is 2.31. The van der Waals surface area contributed by atoms with Gasteiger partial charge in [0, 0.05) is 0 Å². The van der Waals surface area contributed by atoms with Gasteiger partial charge in [-0.05, 0) is 17.7 Å². The van der Waals surface area contributed by atoms with Crippen molar-refractivity contribution in [1.29, 1.82) is 0 Å². The smallest absolute Gasteiger partial charge is 0.382 e. The van der Waals surface area contributed by atoms with Gasteiger partial charge in [0.15, 0.2) is 6.10 Å². The molecule has 0 radical (unpaired) electrons. The molecule has 0 aliphatic carbocycles. The Morgan fingerprint density at radius 1 is 1.29 bits per heavy atom. The molecule has 0 saturated heterocycles. The van der Waals surface area contributed by atoms with Gasteiger partial charge in [-0.15, -0.1) is 12.4 Å². The van der Waals surface area contributed by atoms with E-state index in [0.717, 1.165) is 18.2 Å². The van der Waals surface area contributed by atoms with E-state index < -0.39 is 24.1 Å². The van der Waals surface area contributed by atoms with Crippen molar-refractivity contribution in [2.75, 3.05) is 0 Å². The number of halogens is 6. The van der Waals surface area contributed by atoms with Gasteiger partial charge in [-0.2, -0.15) is 13.2 Å². The van der Waals surface area contributed by atoms with Gasteiger partial charge in [0.2, 0.25) is 0 Å². The highest BCUT2D eigenvalue weighted by molar-refractivity contribution is 6.30. The molecule has 0 heterocycles. The van der Waals surface area contributed by atoms with Crippen LogP contribution >= 0.6 is 24.0 Å². The van der Waals surface area contributed by atoms with Gasteiger partial charge in [-0.25, -0.2) is 4.39 Å². The highest BCUT2D eigenvalue weighted by Crippen LogP contribution is 2.29. The molecule has 0 saturated carbocycles. The van der Waals surface area contributed by atoms with Crippen molar-refractivity contribution in [2.24, 2.45) is 5.73 Å².